The van der Waals surface area contributed by atoms with Crippen LogP contribution in [0.25, 0.3) is 0 Å². The van der Waals surface area contributed by atoms with E-state index < -0.39 is 0 Å². The van der Waals surface area contributed by atoms with E-state index >= 15 is 0 Å². The second kappa shape index (κ2) is 8.03. The molecule has 1 N–H and O–H groups in total. The Hall–Kier alpha value is -1.16. The van der Waals surface area contributed by atoms with Crippen LogP contribution in [0.5, 0.6) is 5.88 Å². The van der Waals surface area contributed by atoms with Gasteiger partial charge in [0.2, 0.25) is 5.88 Å². The number of hydrogen-bond donors (Lipinski definition) is 1. The summed E-state index contributed by atoms with van der Waals surface area (Å²) in [6.45, 7) is 10.2. The fraction of sp³-hybridized carbons (Fsp3) is 0.714. The fourth-order valence-electron chi connectivity index (χ4n) is 2.10. The standard InChI is InChI=1S/C14H25N3O/c1-5-8-18-14-10-15-9-13(17-14)12(6-2)11(4)16-7-3/h9-12,16H,5-8H2,1-4H3. The average molecular weight is 251 g/mol. The zero-order valence-corrected chi connectivity index (χ0v) is 11.9. The lowest BCUT2D eigenvalue weighted by Crippen LogP contribution is -2.32. The largest absolute Gasteiger partial charge is 0.477 e. The maximum Gasteiger partial charge on any atom is 0.232 e. The first-order chi connectivity index (χ1) is 8.72. The maximum absolute atomic E-state index is 5.54. The summed E-state index contributed by atoms with van der Waals surface area (Å²) in [5.41, 5.74) is 1.01. The number of nitrogens with zero attached hydrogens (tertiary/aromatic N) is 2. The van der Waals surface area contributed by atoms with Gasteiger partial charge in [0.15, 0.2) is 0 Å². The number of ether oxygens (including phenoxy) is 1. The van der Waals surface area contributed by atoms with Crippen molar-refractivity contribution < 1.29 is 4.74 Å². The molecular weight excluding hydrogens is 226 g/mol. The molecule has 18 heavy (non-hydrogen) atoms. The molecular formula is C14H25N3O. The highest BCUT2D eigenvalue weighted by Gasteiger charge is 2.18. The molecule has 0 amide bonds. The van der Waals surface area contributed by atoms with Crippen LogP contribution in [0.15, 0.2) is 12.4 Å². The highest BCUT2D eigenvalue weighted by molar-refractivity contribution is 5.13. The van der Waals surface area contributed by atoms with E-state index in [0.29, 0.717) is 24.4 Å². The van der Waals surface area contributed by atoms with E-state index in [1.807, 2.05) is 6.20 Å². The predicted molar refractivity (Wildman–Crippen MR) is 74.0 cm³/mol. The van der Waals surface area contributed by atoms with Crippen molar-refractivity contribution in [1.82, 2.24) is 15.3 Å². The minimum atomic E-state index is 0.377. The lowest BCUT2D eigenvalue weighted by atomic mass is 9.95. The number of rotatable bonds is 8. The van der Waals surface area contributed by atoms with Crippen molar-refractivity contribution in [2.24, 2.45) is 0 Å². The summed E-state index contributed by atoms with van der Waals surface area (Å²) in [5, 5.41) is 3.45. The van der Waals surface area contributed by atoms with Crippen molar-refractivity contribution in [2.45, 2.75) is 52.5 Å². The van der Waals surface area contributed by atoms with Gasteiger partial charge in [0.25, 0.3) is 0 Å². The third-order valence-corrected chi connectivity index (χ3v) is 3.03. The van der Waals surface area contributed by atoms with Crippen LogP contribution in [0.3, 0.4) is 0 Å². The van der Waals surface area contributed by atoms with Crippen LogP contribution < -0.4 is 10.1 Å². The molecule has 2 unspecified atom stereocenters. The lowest BCUT2D eigenvalue weighted by Gasteiger charge is -2.22. The second-order valence-electron chi connectivity index (χ2n) is 4.49. The molecule has 0 saturated heterocycles. The quantitative estimate of drug-likeness (QED) is 0.771. The fourth-order valence-corrected chi connectivity index (χ4v) is 2.10. The molecule has 0 aromatic carbocycles. The van der Waals surface area contributed by atoms with Crippen LogP contribution in [0.2, 0.25) is 0 Å². The lowest BCUT2D eigenvalue weighted by molar-refractivity contribution is 0.301. The number of nitrogens with one attached hydrogen (secondary N) is 1. The number of hydrogen-bond acceptors (Lipinski definition) is 4. The third kappa shape index (κ3) is 4.26. The molecule has 1 aromatic heterocycles. The van der Waals surface area contributed by atoms with E-state index in [1.54, 1.807) is 6.20 Å². The smallest absolute Gasteiger partial charge is 0.232 e. The first-order valence-electron chi connectivity index (χ1n) is 6.90. The van der Waals surface area contributed by atoms with Gasteiger partial charge in [0.1, 0.15) is 0 Å². The van der Waals surface area contributed by atoms with Crippen LogP contribution >= 0.6 is 0 Å². The number of aromatic nitrogens is 2. The van der Waals surface area contributed by atoms with Gasteiger partial charge >= 0.3 is 0 Å². The molecule has 0 aliphatic rings. The molecule has 0 fully saturated rings. The molecule has 1 heterocycles. The van der Waals surface area contributed by atoms with Crippen molar-refractivity contribution in [1.29, 1.82) is 0 Å². The van der Waals surface area contributed by atoms with E-state index in [1.165, 1.54) is 0 Å². The van der Waals surface area contributed by atoms with Gasteiger partial charge in [-0.3, -0.25) is 4.98 Å². The minimum absolute atomic E-state index is 0.377. The molecule has 2 atom stereocenters. The number of likely N-dealkylation sites (N-methyl/N-ethyl adjacent to an activating group) is 1. The molecule has 4 heteroatoms. The summed E-state index contributed by atoms with van der Waals surface area (Å²) in [6.07, 6.45) is 5.56. The molecule has 0 spiro atoms. The van der Waals surface area contributed by atoms with Crippen molar-refractivity contribution in [3.63, 3.8) is 0 Å². The molecule has 0 bridgehead atoms. The Balaban J connectivity index is 2.78. The second-order valence-corrected chi connectivity index (χ2v) is 4.49. The van der Waals surface area contributed by atoms with E-state index in [9.17, 15) is 0 Å². The van der Waals surface area contributed by atoms with Gasteiger partial charge in [-0.25, -0.2) is 4.98 Å². The predicted octanol–water partition coefficient (Wildman–Crippen LogP) is 2.76. The topological polar surface area (TPSA) is 47.0 Å². The summed E-state index contributed by atoms with van der Waals surface area (Å²) in [6, 6.07) is 0.399. The summed E-state index contributed by atoms with van der Waals surface area (Å²) < 4.78 is 5.54. The Labute approximate surface area is 110 Å². The Kier molecular flexibility index (Phi) is 6.65. The van der Waals surface area contributed by atoms with Crippen molar-refractivity contribution in [3.8, 4) is 5.88 Å². The minimum Gasteiger partial charge on any atom is -0.477 e. The molecule has 4 nitrogen and oxygen atoms in total. The Bertz CT molecular complexity index is 344. The van der Waals surface area contributed by atoms with Crippen molar-refractivity contribution in [3.05, 3.63) is 18.1 Å². The first-order valence-corrected chi connectivity index (χ1v) is 6.90. The molecule has 0 radical (unpaired) electrons. The van der Waals surface area contributed by atoms with E-state index in [-0.39, 0.29) is 0 Å². The highest BCUT2D eigenvalue weighted by atomic mass is 16.5. The highest BCUT2D eigenvalue weighted by Crippen LogP contribution is 2.22. The Morgan fingerprint density at radius 3 is 2.67 bits per heavy atom. The Morgan fingerprint density at radius 1 is 1.28 bits per heavy atom. The van der Waals surface area contributed by atoms with Crippen LogP contribution in [-0.4, -0.2) is 29.2 Å². The average Bonchev–Trinajstić information content (AvgIpc) is 2.38. The summed E-state index contributed by atoms with van der Waals surface area (Å²) in [7, 11) is 0. The molecule has 0 aliphatic heterocycles. The van der Waals surface area contributed by atoms with Gasteiger partial charge in [-0.05, 0) is 26.3 Å². The van der Waals surface area contributed by atoms with Gasteiger partial charge in [0.05, 0.1) is 18.5 Å². The Morgan fingerprint density at radius 2 is 2.06 bits per heavy atom. The van der Waals surface area contributed by atoms with E-state index in [0.717, 1.165) is 25.1 Å². The molecule has 102 valence electrons. The SMILES string of the molecule is CCCOc1cncc(C(CC)C(C)NCC)n1. The molecule has 1 rings (SSSR count). The summed E-state index contributed by atoms with van der Waals surface area (Å²) >= 11 is 0. The monoisotopic (exact) mass is 251 g/mol. The van der Waals surface area contributed by atoms with Crippen LogP contribution in [-0.2, 0) is 0 Å². The maximum atomic E-state index is 5.54. The van der Waals surface area contributed by atoms with Gasteiger partial charge in [-0.15, -0.1) is 0 Å². The molecule has 0 saturated carbocycles. The van der Waals surface area contributed by atoms with Crippen LogP contribution in [0.4, 0.5) is 0 Å². The third-order valence-electron chi connectivity index (χ3n) is 3.03. The van der Waals surface area contributed by atoms with Gasteiger partial charge in [0, 0.05) is 18.2 Å². The summed E-state index contributed by atoms with van der Waals surface area (Å²) in [4.78, 5) is 8.79. The van der Waals surface area contributed by atoms with Gasteiger partial charge < -0.3 is 10.1 Å². The van der Waals surface area contributed by atoms with Gasteiger partial charge in [-0.2, -0.15) is 0 Å². The zero-order valence-electron chi connectivity index (χ0n) is 11.9. The van der Waals surface area contributed by atoms with Crippen LogP contribution in [0.1, 0.15) is 52.1 Å². The normalized spacial score (nSPS) is 14.2. The zero-order chi connectivity index (χ0) is 13.4. The van der Waals surface area contributed by atoms with Crippen LogP contribution in [0, 0.1) is 0 Å². The molecule has 1 aromatic rings. The van der Waals surface area contributed by atoms with E-state index in [2.05, 4.69) is 43.0 Å². The first kappa shape index (κ1) is 14.9. The summed E-state index contributed by atoms with van der Waals surface area (Å²) in [5.74, 6) is 1.01. The van der Waals surface area contributed by atoms with Crippen molar-refractivity contribution in [2.75, 3.05) is 13.2 Å². The van der Waals surface area contributed by atoms with E-state index in [4.69, 9.17) is 4.74 Å². The van der Waals surface area contributed by atoms with Gasteiger partial charge in [-0.1, -0.05) is 20.8 Å². The van der Waals surface area contributed by atoms with Crippen molar-refractivity contribution >= 4 is 0 Å². The molecule has 0 aliphatic carbocycles.